The second-order valence-electron chi connectivity index (χ2n) is 7.97. The first kappa shape index (κ1) is 23.4. The molecule has 5 nitrogen and oxygen atoms in total. The summed E-state index contributed by atoms with van der Waals surface area (Å²) in [7, 11) is 0. The summed E-state index contributed by atoms with van der Waals surface area (Å²) in [5.41, 5.74) is 2.87. The van der Waals surface area contributed by atoms with Crippen LogP contribution in [0.3, 0.4) is 0 Å². The molecule has 2 aromatic carbocycles. The number of rotatable bonds is 8. The van der Waals surface area contributed by atoms with Crippen LogP contribution in [0.5, 0.6) is 0 Å². The molecule has 0 heterocycles. The van der Waals surface area contributed by atoms with E-state index in [1.807, 2.05) is 75.4 Å². The first-order valence-electron chi connectivity index (χ1n) is 10.2. The number of carbonyl (C=O) groups is 2. The third-order valence-corrected chi connectivity index (χ3v) is 4.32. The molecule has 0 aliphatic carbocycles. The molecule has 30 heavy (non-hydrogen) atoms. The molecule has 0 fully saturated rings. The SMILES string of the molecule is CCOC(=O)C(C)=CCNC(C(=O)OC(C)(C)C)c1ccc(-c2ccccc2)cc1. The van der Waals surface area contributed by atoms with Crippen molar-refractivity contribution in [3.8, 4) is 11.1 Å². The summed E-state index contributed by atoms with van der Waals surface area (Å²) in [5, 5.41) is 3.19. The van der Waals surface area contributed by atoms with Gasteiger partial charge in [0.05, 0.1) is 6.61 Å². The number of hydrogen-bond acceptors (Lipinski definition) is 5. The molecular weight excluding hydrogens is 378 g/mol. The second-order valence-corrected chi connectivity index (χ2v) is 7.97. The van der Waals surface area contributed by atoms with Gasteiger partial charge in [0.1, 0.15) is 11.6 Å². The molecule has 0 radical (unpaired) electrons. The van der Waals surface area contributed by atoms with Crippen LogP contribution in [-0.2, 0) is 19.1 Å². The Kier molecular flexibility index (Phi) is 8.36. The number of ether oxygens (including phenoxy) is 2. The van der Waals surface area contributed by atoms with E-state index in [0.717, 1.165) is 16.7 Å². The highest BCUT2D eigenvalue weighted by molar-refractivity contribution is 5.87. The van der Waals surface area contributed by atoms with Gasteiger partial charge in [-0.2, -0.15) is 0 Å². The Labute approximate surface area is 179 Å². The van der Waals surface area contributed by atoms with Crippen molar-refractivity contribution in [2.45, 2.75) is 46.3 Å². The minimum atomic E-state index is -0.653. The lowest BCUT2D eigenvalue weighted by atomic mass is 10.0. The second kappa shape index (κ2) is 10.7. The fraction of sp³-hybridized carbons (Fsp3) is 0.360. The van der Waals surface area contributed by atoms with E-state index in [2.05, 4.69) is 5.32 Å². The molecule has 0 amide bonds. The minimum Gasteiger partial charge on any atom is -0.463 e. The highest BCUT2D eigenvalue weighted by atomic mass is 16.6. The van der Waals surface area contributed by atoms with Gasteiger partial charge in [-0.1, -0.05) is 60.7 Å². The van der Waals surface area contributed by atoms with Gasteiger partial charge in [-0.05, 0) is 51.3 Å². The maximum atomic E-state index is 12.8. The lowest BCUT2D eigenvalue weighted by Gasteiger charge is -2.25. The van der Waals surface area contributed by atoms with Crippen molar-refractivity contribution >= 4 is 11.9 Å². The molecule has 0 aliphatic rings. The first-order valence-corrected chi connectivity index (χ1v) is 10.2. The van der Waals surface area contributed by atoms with Gasteiger partial charge in [0.15, 0.2) is 0 Å². The molecule has 2 aromatic rings. The van der Waals surface area contributed by atoms with E-state index in [9.17, 15) is 9.59 Å². The summed E-state index contributed by atoms with van der Waals surface area (Å²) in [4.78, 5) is 24.6. The minimum absolute atomic E-state index is 0.325. The average molecular weight is 410 g/mol. The first-order chi connectivity index (χ1) is 14.2. The Balaban J connectivity index is 2.20. The molecule has 1 unspecified atom stereocenters. The molecule has 0 saturated carbocycles. The normalized spacial score (nSPS) is 12.9. The standard InChI is InChI=1S/C25H31NO4/c1-6-29-23(27)18(2)16-17-26-22(24(28)30-25(3,4)5)21-14-12-20(13-15-21)19-10-8-7-9-11-19/h7-16,22,26H,6,17H2,1-5H3. The zero-order valence-electron chi connectivity index (χ0n) is 18.4. The maximum absolute atomic E-state index is 12.8. The van der Waals surface area contributed by atoms with Crippen molar-refractivity contribution in [3.05, 3.63) is 71.8 Å². The Morgan fingerprint density at radius 2 is 1.60 bits per heavy atom. The number of carbonyl (C=O) groups excluding carboxylic acids is 2. The van der Waals surface area contributed by atoms with Crippen LogP contribution in [0.4, 0.5) is 0 Å². The molecule has 0 aliphatic heterocycles. The molecule has 0 spiro atoms. The van der Waals surface area contributed by atoms with Gasteiger partial charge in [0.2, 0.25) is 0 Å². The van der Waals surface area contributed by atoms with E-state index in [0.29, 0.717) is 18.7 Å². The van der Waals surface area contributed by atoms with Crippen LogP contribution in [0.25, 0.3) is 11.1 Å². The van der Waals surface area contributed by atoms with Crippen molar-refractivity contribution in [2.24, 2.45) is 0 Å². The van der Waals surface area contributed by atoms with Crippen molar-refractivity contribution in [2.75, 3.05) is 13.2 Å². The third-order valence-electron chi connectivity index (χ3n) is 4.32. The van der Waals surface area contributed by atoms with Crippen molar-refractivity contribution < 1.29 is 19.1 Å². The quantitative estimate of drug-likeness (QED) is 0.499. The van der Waals surface area contributed by atoms with Crippen molar-refractivity contribution in [1.29, 1.82) is 0 Å². The monoisotopic (exact) mass is 409 g/mol. The molecule has 1 N–H and O–H groups in total. The summed E-state index contributed by atoms with van der Waals surface area (Å²) in [6, 6.07) is 17.2. The largest absolute Gasteiger partial charge is 0.463 e. The Hall–Kier alpha value is -2.92. The molecular formula is C25H31NO4. The maximum Gasteiger partial charge on any atom is 0.333 e. The predicted molar refractivity (Wildman–Crippen MR) is 119 cm³/mol. The molecule has 2 rings (SSSR count). The predicted octanol–water partition coefficient (Wildman–Crippen LogP) is 4.84. The summed E-state index contributed by atoms with van der Waals surface area (Å²) in [6.45, 7) is 9.63. The van der Waals surface area contributed by atoms with Crippen LogP contribution >= 0.6 is 0 Å². The van der Waals surface area contributed by atoms with Crippen LogP contribution in [-0.4, -0.2) is 30.7 Å². The summed E-state index contributed by atoms with van der Waals surface area (Å²) >= 11 is 0. The van der Waals surface area contributed by atoms with Crippen LogP contribution in [0.15, 0.2) is 66.2 Å². The Bertz CT molecular complexity index is 864. The lowest BCUT2D eigenvalue weighted by Crippen LogP contribution is -2.35. The fourth-order valence-electron chi connectivity index (χ4n) is 2.85. The van der Waals surface area contributed by atoms with E-state index in [1.165, 1.54) is 0 Å². The molecule has 0 bridgehead atoms. The number of benzene rings is 2. The average Bonchev–Trinajstić information content (AvgIpc) is 2.70. The van der Waals surface area contributed by atoms with Crippen LogP contribution in [0.1, 0.15) is 46.2 Å². The third kappa shape index (κ3) is 7.16. The molecule has 1 atom stereocenters. The topological polar surface area (TPSA) is 64.6 Å². The number of nitrogens with one attached hydrogen (secondary N) is 1. The Morgan fingerprint density at radius 3 is 2.17 bits per heavy atom. The van der Waals surface area contributed by atoms with Gasteiger partial charge >= 0.3 is 11.9 Å². The zero-order valence-corrected chi connectivity index (χ0v) is 18.4. The van der Waals surface area contributed by atoms with Gasteiger partial charge in [-0.3, -0.25) is 5.32 Å². The molecule has 0 aromatic heterocycles. The molecule has 5 heteroatoms. The van der Waals surface area contributed by atoms with Gasteiger partial charge in [0, 0.05) is 12.1 Å². The van der Waals surface area contributed by atoms with E-state index in [-0.39, 0.29) is 11.9 Å². The summed E-state index contributed by atoms with van der Waals surface area (Å²) < 4.78 is 10.6. The molecule has 160 valence electrons. The number of esters is 2. The molecule has 0 saturated heterocycles. The Morgan fingerprint density at radius 1 is 1.00 bits per heavy atom. The van der Waals surface area contributed by atoms with E-state index < -0.39 is 11.6 Å². The van der Waals surface area contributed by atoms with Gasteiger partial charge in [0.25, 0.3) is 0 Å². The van der Waals surface area contributed by atoms with Gasteiger partial charge in [-0.25, -0.2) is 9.59 Å². The zero-order chi connectivity index (χ0) is 22.1. The highest BCUT2D eigenvalue weighted by Gasteiger charge is 2.26. The summed E-state index contributed by atoms with van der Waals surface area (Å²) in [5.74, 6) is -0.725. The van der Waals surface area contributed by atoms with E-state index in [4.69, 9.17) is 9.47 Å². The fourth-order valence-corrected chi connectivity index (χ4v) is 2.85. The van der Waals surface area contributed by atoms with E-state index >= 15 is 0 Å². The number of hydrogen-bond donors (Lipinski definition) is 1. The van der Waals surface area contributed by atoms with Crippen LogP contribution in [0, 0.1) is 0 Å². The van der Waals surface area contributed by atoms with Crippen molar-refractivity contribution in [3.63, 3.8) is 0 Å². The smallest absolute Gasteiger partial charge is 0.333 e. The van der Waals surface area contributed by atoms with Crippen LogP contribution in [0.2, 0.25) is 0 Å². The lowest BCUT2D eigenvalue weighted by molar-refractivity contribution is -0.157. The summed E-state index contributed by atoms with van der Waals surface area (Å²) in [6.07, 6.45) is 1.72. The van der Waals surface area contributed by atoms with Crippen LogP contribution < -0.4 is 5.32 Å². The highest BCUT2D eigenvalue weighted by Crippen LogP contribution is 2.24. The van der Waals surface area contributed by atoms with Gasteiger partial charge in [-0.15, -0.1) is 0 Å². The van der Waals surface area contributed by atoms with E-state index in [1.54, 1.807) is 19.9 Å². The van der Waals surface area contributed by atoms with Gasteiger partial charge < -0.3 is 9.47 Å². The van der Waals surface area contributed by atoms with Crippen molar-refractivity contribution in [1.82, 2.24) is 5.32 Å².